The van der Waals surface area contributed by atoms with Crippen molar-refractivity contribution >= 4 is 17.7 Å². The largest absolute Gasteiger partial charge is 0.338 e. The van der Waals surface area contributed by atoms with Gasteiger partial charge in [-0.3, -0.25) is 15.6 Å². The maximum atomic E-state index is 13.2. The van der Waals surface area contributed by atoms with Crippen LogP contribution in [0.2, 0.25) is 0 Å². The predicted molar refractivity (Wildman–Crippen MR) is 86.6 cm³/mol. The van der Waals surface area contributed by atoms with Gasteiger partial charge < -0.3 is 5.32 Å². The van der Waals surface area contributed by atoms with E-state index in [1.807, 2.05) is 12.1 Å². The van der Waals surface area contributed by atoms with E-state index in [-0.39, 0.29) is 23.9 Å². The molecule has 1 aromatic carbocycles. The molecular formula is C15H20FN5OS. The smallest absolute Gasteiger partial charge is 0.231 e. The number of fused-ring (bicyclic) bond motifs is 1. The molecule has 4 rings (SSSR count). The Morgan fingerprint density at radius 1 is 1.04 bits per heavy atom. The van der Waals surface area contributed by atoms with Crippen LogP contribution in [0.25, 0.3) is 0 Å². The highest BCUT2D eigenvalue weighted by molar-refractivity contribution is 8.00. The van der Waals surface area contributed by atoms with Gasteiger partial charge in [0.2, 0.25) is 5.91 Å². The van der Waals surface area contributed by atoms with Crippen LogP contribution in [0.1, 0.15) is 11.6 Å². The van der Waals surface area contributed by atoms with Gasteiger partial charge >= 0.3 is 0 Å². The number of nitrogens with one attached hydrogen (secondary N) is 5. The number of hydrogen-bond donors (Lipinski definition) is 5. The first-order chi connectivity index (χ1) is 11.2. The van der Waals surface area contributed by atoms with Gasteiger partial charge in [0.15, 0.2) is 0 Å². The number of carbonyl (C=O) groups is 1. The molecule has 1 aromatic rings. The summed E-state index contributed by atoms with van der Waals surface area (Å²) in [5.74, 6) is 0.972. The number of amides is 1. The summed E-state index contributed by atoms with van der Waals surface area (Å²) in [6.07, 6.45) is -0.0306. The van der Waals surface area contributed by atoms with Gasteiger partial charge in [0.05, 0.1) is 18.0 Å². The molecule has 5 unspecified atom stereocenters. The third-order valence-electron chi connectivity index (χ3n) is 4.84. The van der Waals surface area contributed by atoms with E-state index in [0.717, 1.165) is 18.7 Å². The maximum Gasteiger partial charge on any atom is 0.231 e. The highest BCUT2D eigenvalue weighted by atomic mass is 32.2. The van der Waals surface area contributed by atoms with E-state index in [2.05, 4.69) is 27.0 Å². The fourth-order valence-corrected chi connectivity index (χ4v) is 5.16. The Bertz CT molecular complexity index is 586. The Balaban J connectivity index is 1.59. The number of halogens is 1. The van der Waals surface area contributed by atoms with Gasteiger partial charge in [0.25, 0.3) is 0 Å². The maximum absolute atomic E-state index is 13.2. The summed E-state index contributed by atoms with van der Waals surface area (Å²) in [7, 11) is 0. The van der Waals surface area contributed by atoms with Crippen LogP contribution in [0.4, 0.5) is 4.39 Å². The van der Waals surface area contributed by atoms with Gasteiger partial charge in [0, 0.05) is 30.2 Å². The molecule has 3 aliphatic rings. The standard InChI is InChI=1S/C15H20FN5OS/c16-9-3-1-8(2-4-9)13-10(5-17-20-13)14-11-6-18-21-15(11)19-12(22)7-23-14/h1-4,10-11,13-15,17-18,20-21H,5-7H2,(H,19,22). The molecule has 5 N–H and O–H groups in total. The zero-order valence-electron chi connectivity index (χ0n) is 12.5. The molecule has 23 heavy (non-hydrogen) atoms. The number of hydrazine groups is 2. The van der Waals surface area contributed by atoms with Crippen molar-refractivity contribution in [1.82, 2.24) is 27.0 Å². The van der Waals surface area contributed by atoms with E-state index in [1.54, 1.807) is 11.8 Å². The molecule has 124 valence electrons. The Morgan fingerprint density at radius 2 is 1.78 bits per heavy atom. The van der Waals surface area contributed by atoms with Crippen LogP contribution in [0.15, 0.2) is 24.3 Å². The summed E-state index contributed by atoms with van der Waals surface area (Å²) in [4.78, 5) is 11.9. The fourth-order valence-electron chi connectivity index (χ4n) is 3.73. The fraction of sp³-hybridized carbons (Fsp3) is 0.533. The van der Waals surface area contributed by atoms with Crippen molar-refractivity contribution in [2.75, 3.05) is 18.8 Å². The first-order valence-corrected chi connectivity index (χ1v) is 8.90. The van der Waals surface area contributed by atoms with Crippen molar-refractivity contribution in [2.24, 2.45) is 11.8 Å². The van der Waals surface area contributed by atoms with Gasteiger partial charge in [0.1, 0.15) is 5.82 Å². The Hall–Kier alpha value is -1.19. The highest BCUT2D eigenvalue weighted by Gasteiger charge is 2.45. The normalized spacial score (nSPS) is 37.3. The first kappa shape index (κ1) is 15.3. The molecule has 5 atom stereocenters. The minimum atomic E-state index is -0.223. The summed E-state index contributed by atoms with van der Waals surface area (Å²) < 4.78 is 13.2. The van der Waals surface area contributed by atoms with E-state index in [0.29, 0.717) is 22.8 Å². The average molecular weight is 337 g/mol. The van der Waals surface area contributed by atoms with Crippen LogP contribution in [-0.2, 0) is 4.79 Å². The highest BCUT2D eigenvalue weighted by Crippen LogP contribution is 2.39. The van der Waals surface area contributed by atoms with Crippen molar-refractivity contribution in [3.8, 4) is 0 Å². The van der Waals surface area contributed by atoms with Crippen LogP contribution in [0.5, 0.6) is 0 Å². The molecule has 1 amide bonds. The molecule has 3 aliphatic heterocycles. The summed E-state index contributed by atoms with van der Waals surface area (Å²) >= 11 is 1.72. The molecule has 6 nitrogen and oxygen atoms in total. The van der Waals surface area contributed by atoms with E-state index in [4.69, 9.17) is 0 Å². The zero-order valence-corrected chi connectivity index (χ0v) is 13.3. The number of carbonyl (C=O) groups excluding carboxylic acids is 1. The second-order valence-corrected chi connectivity index (χ2v) is 7.39. The van der Waals surface area contributed by atoms with Crippen molar-refractivity contribution in [2.45, 2.75) is 17.5 Å². The zero-order chi connectivity index (χ0) is 15.8. The monoisotopic (exact) mass is 337 g/mol. The molecule has 3 fully saturated rings. The SMILES string of the molecule is O=C1CSC(C2CNNC2c2ccc(F)cc2)C2CNNC2N1. The minimum Gasteiger partial charge on any atom is -0.338 e. The summed E-state index contributed by atoms with van der Waals surface area (Å²) in [6.45, 7) is 1.66. The van der Waals surface area contributed by atoms with Gasteiger partial charge in [-0.2, -0.15) is 0 Å². The van der Waals surface area contributed by atoms with Gasteiger partial charge in [-0.1, -0.05) is 12.1 Å². The predicted octanol–water partition coefficient (Wildman–Crippen LogP) is -0.127. The molecule has 3 saturated heterocycles. The lowest BCUT2D eigenvalue weighted by Crippen LogP contribution is -2.48. The van der Waals surface area contributed by atoms with Crippen LogP contribution < -0.4 is 27.0 Å². The van der Waals surface area contributed by atoms with E-state index < -0.39 is 0 Å². The first-order valence-electron chi connectivity index (χ1n) is 7.85. The van der Waals surface area contributed by atoms with Gasteiger partial charge in [-0.05, 0) is 17.7 Å². The lowest BCUT2D eigenvalue weighted by molar-refractivity contribution is -0.119. The van der Waals surface area contributed by atoms with E-state index >= 15 is 0 Å². The number of rotatable bonds is 2. The Kier molecular flexibility index (Phi) is 4.25. The second-order valence-electron chi connectivity index (χ2n) is 6.23. The molecule has 0 radical (unpaired) electrons. The number of thioether (sulfide) groups is 1. The molecule has 0 spiro atoms. The lowest BCUT2D eigenvalue weighted by atomic mass is 9.85. The minimum absolute atomic E-state index is 0.0306. The van der Waals surface area contributed by atoms with Crippen LogP contribution in [-0.4, -0.2) is 36.2 Å². The molecule has 3 heterocycles. The summed E-state index contributed by atoms with van der Waals surface area (Å²) in [5, 5.41) is 3.35. The molecular weight excluding hydrogens is 317 g/mol. The van der Waals surface area contributed by atoms with Crippen molar-refractivity contribution in [3.63, 3.8) is 0 Å². The van der Waals surface area contributed by atoms with Gasteiger partial charge in [-0.25, -0.2) is 15.2 Å². The van der Waals surface area contributed by atoms with Crippen molar-refractivity contribution < 1.29 is 9.18 Å². The molecule has 8 heteroatoms. The topological polar surface area (TPSA) is 77.2 Å². The molecule has 0 aliphatic carbocycles. The van der Waals surface area contributed by atoms with Crippen molar-refractivity contribution in [1.29, 1.82) is 0 Å². The van der Waals surface area contributed by atoms with Gasteiger partial charge in [-0.15, -0.1) is 11.8 Å². The molecule has 0 bridgehead atoms. The summed E-state index contributed by atoms with van der Waals surface area (Å²) in [6, 6.07) is 6.78. The molecule has 0 aromatic heterocycles. The van der Waals surface area contributed by atoms with Crippen LogP contribution in [0.3, 0.4) is 0 Å². The van der Waals surface area contributed by atoms with E-state index in [1.165, 1.54) is 12.1 Å². The third-order valence-corrected chi connectivity index (χ3v) is 6.36. The lowest BCUT2D eigenvalue weighted by Gasteiger charge is -2.31. The quantitative estimate of drug-likeness (QED) is 0.518. The Labute approximate surface area is 138 Å². The third kappa shape index (κ3) is 2.97. The van der Waals surface area contributed by atoms with Crippen LogP contribution in [0, 0.1) is 17.7 Å². The number of hydrogen-bond acceptors (Lipinski definition) is 6. The average Bonchev–Trinajstić information content (AvgIpc) is 3.16. The Morgan fingerprint density at radius 3 is 2.61 bits per heavy atom. The summed E-state index contributed by atoms with van der Waals surface area (Å²) in [5.41, 5.74) is 13.9. The second kappa shape index (κ2) is 6.37. The van der Waals surface area contributed by atoms with E-state index in [9.17, 15) is 9.18 Å². The van der Waals surface area contributed by atoms with Crippen LogP contribution >= 0.6 is 11.8 Å². The van der Waals surface area contributed by atoms with Crippen molar-refractivity contribution in [3.05, 3.63) is 35.6 Å². The molecule has 0 saturated carbocycles. The number of benzene rings is 1.